The predicted octanol–water partition coefficient (Wildman–Crippen LogP) is 6.64. The normalized spacial score (nSPS) is 9.82. The Morgan fingerprint density at radius 2 is 1.36 bits per heavy atom. The van der Waals surface area contributed by atoms with E-state index in [1.165, 1.54) is 44.1 Å². The molecular formula is C21H27Br. The fourth-order valence-corrected chi connectivity index (χ4v) is 2.50. The van der Waals surface area contributed by atoms with E-state index in [-0.39, 0.29) is 0 Å². The number of rotatable bonds is 8. The molecule has 0 spiro atoms. The molecule has 0 saturated heterocycles. The van der Waals surface area contributed by atoms with Crippen LogP contribution >= 0.6 is 15.9 Å². The molecule has 0 atom stereocenters. The van der Waals surface area contributed by atoms with Gasteiger partial charge in [0, 0.05) is 34.3 Å². The third-order valence-corrected chi connectivity index (χ3v) is 4.01. The molecule has 118 valence electrons. The van der Waals surface area contributed by atoms with Gasteiger partial charge in [-0.2, -0.15) is 0 Å². The molecule has 1 aromatic carbocycles. The summed E-state index contributed by atoms with van der Waals surface area (Å²) in [6.45, 7) is 4.44. The van der Waals surface area contributed by atoms with Crippen LogP contribution in [-0.2, 0) is 0 Å². The number of hydrogen-bond acceptors (Lipinski definition) is 0. The topological polar surface area (TPSA) is 0 Å². The molecule has 0 aliphatic heterocycles. The molecule has 0 saturated carbocycles. The van der Waals surface area contributed by atoms with Crippen LogP contribution < -0.4 is 0 Å². The Labute approximate surface area is 145 Å². The lowest BCUT2D eigenvalue weighted by Crippen LogP contribution is -1.86. The minimum Gasteiger partial charge on any atom is -0.0979 e. The summed E-state index contributed by atoms with van der Waals surface area (Å²) in [7, 11) is 0. The van der Waals surface area contributed by atoms with Crippen LogP contribution in [-0.4, -0.2) is 0 Å². The summed E-state index contributed by atoms with van der Waals surface area (Å²) < 4.78 is 0. The number of benzene rings is 1. The van der Waals surface area contributed by atoms with Crippen molar-refractivity contribution in [3.63, 3.8) is 0 Å². The zero-order chi connectivity index (χ0) is 16.0. The zero-order valence-corrected chi connectivity index (χ0v) is 15.5. The molecule has 1 rings (SSSR count). The van der Waals surface area contributed by atoms with E-state index in [9.17, 15) is 0 Å². The lowest BCUT2D eigenvalue weighted by Gasteiger charge is -2.03. The first kappa shape index (κ1) is 18.9. The highest BCUT2D eigenvalue weighted by atomic mass is 79.9. The van der Waals surface area contributed by atoms with Crippen molar-refractivity contribution in [3.05, 3.63) is 35.4 Å². The first-order valence-electron chi connectivity index (χ1n) is 8.41. The van der Waals surface area contributed by atoms with Crippen LogP contribution in [0.3, 0.4) is 0 Å². The monoisotopic (exact) mass is 358 g/mol. The molecule has 0 fully saturated rings. The minimum atomic E-state index is 0.591. The van der Waals surface area contributed by atoms with Crippen molar-refractivity contribution in [1.82, 2.24) is 0 Å². The second kappa shape index (κ2) is 12.4. The summed E-state index contributed by atoms with van der Waals surface area (Å²) in [6, 6.07) is 8.65. The van der Waals surface area contributed by atoms with Gasteiger partial charge in [-0.15, -0.1) is 0 Å². The molecule has 0 unspecified atom stereocenters. The van der Waals surface area contributed by atoms with Crippen LogP contribution in [0.15, 0.2) is 24.3 Å². The predicted molar refractivity (Wildman–Crippen MR) is 101 cm³/mol. The molecule has 1 heteroatoms. The van der Waals surface area contributed by atoms with E-state index < -0.39 is 0 Å². The van der Waals surface area contributed by atoms with Crippen molar-refractivity contribution >= 4 is 15.9 Å². The van der Waals surface area contributed by atoms with Crippen molar-refractivity contribution in [2.45, 2.75) is 71.1 Å². The van der Waals surface area contributed by atoms with Gasteiger partial charge in [0.15, 0.2) is 0 Å². The molecule has 0 heterocycles. The molecule has 0 aromatic heterocycles. The van der Waals surface area contributed by atoms with Gasteiger partial charge >= 0.3 is 0 Å². The van der Waals surface area contributed by atoms with E-state index >= 15 is 0 Å². The average Bonchev–Trinajstić information content (AvgIpc) is 2.53. The Bertz CT molecular complexity index is 517. The maximum atomic E-state index is 3.30. The fourth-order valence-electron chi connectivity index (χ4n) is 2.30. The Morgan fingerprint density at radius 1 is 0.818 bits per heavy atom. The molecule has 0 radical (unpaired) electrons. The molecule has 0 amide bonds. The summed E-state index contributed by atoms with van der Waals surface area (Å²) in [6.07, 6.45) is 9.73. The van der Waals surface area contributed by atoms with Crippen LogP contribution in [0.2, 0.25) is 0 Å². The van der Waals surface area contributed by atoms with Crippen molar-refractivity contribution in [2.24, 2.45) is 0 Å². The summed E-state index contributed by atoms with van der Waals surface area (Å²) in [5.74, 6) is 10.2. The van der Waals surface area contributed by atoms with Crippen LogP contribution in [0.1, 0.15) is 82.3 Å². The maximum Gasteiger partial charge on any atom is 0.0245 e. The molecule has 0 aliphatic rings. The highest BCUT2D eigenvalue weighted by Gasteiger charge is 1.96. The Kier molecular flexibility index (Phi) is 10.6. The van der Waals surface area contributed by atoms with Gasteiger partial charge in [-0.25, -0.2) is 0 Å². The molecule has 0 aliphatic carbocycles. The first-order valence-corrected chi connectivity index (χ1v) is 9.20. The Morgan fingerprint density at radius 3 is 1.91 bits per heavy atom. The van der Waals surface area contributed by atoms with Crippen molar-refractivity contribution in [2.75, 3.05) is 0 Å². The van der Waals surface area contributed by atoms with Gasteiger partial charge < -0.3 is 0 Å². The number of unbranched alkanes of at least 4 members (excludes halogenated alkanes) is 7. The molecule has 0 N–H and O–H groups in total. The van der Waals surface area contributed by atoms with Gasteiger partial charge in [-0.05, 0) is 41.3 Å². The molecule has 0 nitrogen and oxygen atoms in total. The molecule has 1 aromatic rings. The van der Waals surface area contributed by atoms with Gasteiger partial charge in [-0.3, -0.25) is 0 Å². The Balaban J connectivity index is 2.08. The summed E-state index contributed by atoms with van der Waals surface area (Å²) >= 11 is 3.12. The van der Waals surface area contributed by atoms with Crippen molar-refractivity contribution < 1.29 is 0 Å². The molecule has 0 bridgehead atoms. The van der Waals surface area contributed by atoms with Gasteiger partial charge in [0.2, 0.25) is 0 Å². The summed E-state index contributed by atoms with van der Waals surface area (Å²) in [4.78, 5) is 2.76. The van der Waals surface area contributed by atoms with Gasteiger partial charge in [0.05, 0.1) is 0 Å². The Hall–Kier alpha value is -1.18. The van der Waals surface area contributed by atoms with Crippen LogP contribution in [0.25, 0.3) is 0 Å². The molecular weight excluding hydrogens is 332 g/mol. The zero-order valence-electron chi connectivity index (χ0n) is 13.9. The minimum absolute atomic E-state index is 0.591. The van der Waals surface area contributed by atoms with E-state index in [0.29, 0.717) is 5.92 Å². The third-order valence-electron chi connectivity index (χ3n) is 3.73. The van der Waals surface area contributed by atoms with Crippen LogP contribution in [0, 0.1) is 22.6 Å². The number of hydrogen-bond donors (Lipinski definition) is 0. The summed E-state index contributed by atoms with van der Waals surface area (Å²) in [5, 5.41) is 0. The van der Waals surface area contributed by atoms with Gasteiger partial charge in [-0.1, -0.05) is 69.4 Å². The van der Waals surface area contributed by atoms with E-state index in [4.69, 9.17) is 0 Å². The van der Waals surface area contributed by atoms with Crippen molar-refractivity contribution in [1.29, 1.82) is 0 Å². The van der Waals surface area contributed by atoms with Crippen molar-refractivity contribution in [3.8, 4) is 22.6 Å². The van der Waals surface area contributed by atoms with Crippen LogP contribution in [0.5, 0.6) is 0 Å². The van der Waals surface area contributed by atoms with Crippen LogP contribution in [0.4, 0.5) is 0 Å². The second-order valence-corrected chi connectivity index (χ2v) is 6.37. The highest BCUT2D eigenvalue weighted by Crippen LogP contribution is 2.14. The van der Waals surface area contributed by atoms with E-state index in [2.05, 4.69) is 76.6 Å². The first-order chi connectivity index (χ1) is 10.7. The quantitative estimate of drug-likeness (QED) is 0.361. The van der Waals surface area contributed by atoms with Gasteiger partial charge in [0.1, 0.15) is 0 Å². The summed E-state index contributed by atoms with van der Waals surface area (Å²) in [5.41, 5.74) is 2.52. The third kappa shape index (κ3) is 8.96. The van der Waals surface area contributed by atoms with Gasteiger partial charge in [0.25, 0.3) is 0 Å². The molecule has 22 heavy (non-hydrogen) atoms. The maximum absolute atomic E-state index is 3.30. The smallest absolute Gasteiger partial charge is 0.0245 e. The largest absolute Gasteiger partial charge is 0.0979 e. The lowest BCUT2D eigenvalue weighted by atomic mass is 10.0. The van der Waals surface area contributed by atoms with E-state index in [1.807, 2.05) is 0 Å². The number of halogens is 1. The SMILES string of the molecule is CC(C)c1ccc(C#CCCCCCCCCC#CBr)cc1. The lowest BCUT2D eigenvalue weighted by molar-refractivity contribution is 0.604. The fraction of sp³-hybridized carbons (Fsp3) is 0.524. The standard InChI is InChI=1S/C21H27Br/c1-19(2)21-16-14-20(15-17-21)13-11-9-7-5-3-4-6-8-10-12-18-22/h14-17,19H,3-10H2,1-2H3. The van der Waals surface area contributed by atoms with E-state index in [0.717, 1.165) is 18.4 Å². The second-order valence-electron chi connectivity index (χ2n) is 5.97. The highest BCUT2D eigenvalue weighted by molar-refractivity contribution is 9.12. The average molecular weight is 359 g/mol. The van der Waals surface area contributed by atoms with E-state index in [1.54, 1.807) is 0 Å².